The van der Waals surface area contributed by atoms with Gasteiger partial charge in [0.05, 0.1) is 24.7 Å². The number of ether oxygens (including phenoxy) is 4. The smallest absolute Gasteiger partial charge is 0.309 e. The minimum absolute atomic E-state index is 0.0335. The van der Waals surface area contributed by atoms with Gasteiger partial charge in [0.2, 0.25) is 0 Å². The summed E-state index contributed by atoms with van der Waals surface area (Å²) >= 11 is 0. The van der Waals surface area contributed by atoms with Crippen LogP contribution in [-0.4, -0.2) is 133 Å². The van der Waals surface area contributed by atoms with Crippen LogP contribution in [0.3, 0.4) is 0 Å². The Balaban J connectivity index is 1.10. The lowest BCUT2D eigenvalue weighted by molar-refractivity contribution is -0.368. The molecule has 0 bridgehead atoms. The summed E-state index contributed by atoms with van der Waals surface area (Å²) in [5.74, 6) is -0.791. The molecule has 0 aromatic carbocycles. The van der Waals surface area contributed by atoms with E-state index in [1.165, 1.54) is 0 Å². The molecule has 4 saturated carbocycles. The van der Waals surface area contributed by atoms with Crippen molar-refractivity contribution in [2.24, 2.45) is 50.2 Å². The third-order valence-corrected chi connectivity index (χ3v) is 17.3. The highest BCUT2D eigenvalue weighted by atomic mass is 16.7. The minimum atomic E-state index is -1.76. The van der Waals surface area contributed by atoms with Crippen LogP contribution < -0.4 is 0 Å². The van der Waals surface area contributed by atoms with Gasteiger partial charge in [-0.05, 0) is 110 Å². The van der Waals surface area contributed by atoms with Crippen molar-refractivity contribution in [2.45, 2.75) is 174 Å². The molecule has 0 radical (unpaired) electrons. The van der Waals surface area contributed by atoms with E-state index in [1.807, 2.05) is 13.0 Å². The van der Waals surface area contributed by atoms with Gasteiger partial charge in [-0.25, -0.2) is 0 Å². The number of aliphatic hydroxyl groups is 7. The highest BCUT2D eigenvalue weighted by Gasteiger charge is 2.70. The molecule has 7 rings (SSSR count). The SMILES string of the molecule is CC1(C)[C@@H](O[C@@H]2O[C@H](CO)[C@@H](O[C@@H]3O[C@H](CO)[C@@H](O)[C@H](O)[C@H]3O)[C@H](O)[C@H]2O)CC[C@]2(C)[C@H]3C(=O)C=C4[C@@H]5C[C@@](C)(C(=O)O)CC[C@]5(C)CC[C@@]4(C)[C@]3(C)CC[C@@H]12. The van der Waals surface area contributed by atoms with Gasteiger partial charge in [-0.15, -0.1) is 0 Å². The summed E-state index contributed by atoms with van der Waals surface area (Å²) in [4.78, 5) is 27.3. The lowest BCUT2D eigenvalue weighted by Crippen LogP contribution is -2.67. The third-order valence-electron chi connectivity index (χ3n) is 17.3. The summed E-state index contributed by atoms with van der Waals surface area (Å²) in [7, 11) is 0. The molecule has 0 aromatic rings. The average molecular weight is 795 g/mol. The average Bonchev–Trinajstić information content (AvgIpc) is 3.13. The maximum absolute atomic E-state index is 14.8. The van der Waals surface area contributed by atoms with Crippen LogP contribution in [-0.2, 0) is 28.5 Å². The fraction of sp³-hybridized carbons (Fsp3) is 0.905. The van der Waals surface area contributed by atoms with Crippen molar-refractivity contribution in [3.8, 4) is 0 Å². The molecule has 0 amide bonds. The molecule has 5 aliphatic carbocycles. The van der Waals surface area contributed by atoms with Crippen molar-refractivity contribution < 1.29 is 69.4 Å². The van der Waals surface area contributed by atoms with E-state index >= 15 is 0 Å². The summed E-state index contributed by atoms with van der Waals surface area (Å²) < 4.78 is 23.8. The molecule has 0 spiro atoms. The Hall–Kier alpha value is -1.56. The second-order valence-electron chi connectivity index (χ2n) is 20.5. The third kappa shape index (κ3) is 6.13. The Morgan fingerprint density at radius 2 is 1.36 bits per heavy atom. The molecule has 2 heterocycles. The Morgan fingerprint density at radius 1 is 0.750 bits per heavy atom. The number of carboxylic acid groups (broad SMARTS) is 1. The molecule has 14 heteroatoms. The molecule has 8 N–H and O–H groups in total. The summed E-state index contributed by atoms with van der Waals surface area (Å²) in [6.07, 6.45) is -7.02. The Kier molecular flexibility index (Phi) is 10.9. The van der Waals surface area contributed by atoms with Crippen molar-refractivity contribution in [3.05, 3.63) is 11.6 Å². The Bertz CT molecular complexity index is 1560. The number of carbonyl (C=O) groups excluding carboxylic acids is 1. The zero-order valence-electron chi connectivity index (χ0n) is 34.0. The van der Waals surface area contributed by atoms with E-state index in [1.54, 1.807) is 0 Å². The number of allylic oxidation sites excluding steroid dienone is 2. The van der Waals surface area contributed by atoms with Gasteiger partial charge in [0.15, 0.2) is 18.4 Å². The maximum atomic E-state index is 14.8. The Labute approximate surface area is 329 Å². The van der Waals surface area contributed by atoms with Crippen molar-refractivity contribution in [1.29, 1.82) is 0 Å². The zero-order chi connectivity index (χ0) is 41.1. The molecule has 19 atom stereocenters. The van der Waals surface area contributed by atoms with E-state index in [-0.39, 0.29) is 45.2 Å². The predicted octanol–water partition coefficient (Wildman–Crippen LogP) is 2.06. The van der Waals surface area contributed by atoms with E-state index in [0.717, 1.165) is 37.7 Å². The van der Waals surface area contributed by atoms with Crippen molar-refractivity contribution >= 4 is 11.8 Å². The van der Waals surface area contributed by atoms with Crippen LogP contribution in [0.5, 0.6) is 0 Å². The topological polar surface area (TPSA) is 233 Å². The monoisotopic (exact) mass is 794 g/mol. The number of fused-ring (bicyclic) bond motifs is 7. The van der Waals surface area contributed by atoms with E-state index in [4.69, 9.17) is 18.9 Å². The zero-order valence-corrected chi connectivity index (χ0v) is 34.0. The second-order valence-corrected chi connectivity index (χ2v) is 20.5. The van der Waals surface area contributed by atoms with Crippen LogP contribution in [0.4, 0.5) is 0 Å². The first kappa shape index (κ1) is 42.6. The number of aliphatic hydroxyl groups excluding tert-OH is 7. The van der Waals surface area contributed by atoms with Gasteiger partial charge in [0.1, 0.15) is 48.8 Å². The number of hydrogen-bond donors (Lipinski definition) is 8. The molecule has 56 heavy (non-hydrogen) atoms. The molecular weight excluding hydrogens is 728 g/mol. The fourth-order valence-electron chi connectivity index (χ4n) is 13.4. The summed E-state index contributed by atoms with van der Waals surface area (Å²) in [6, 6.07) is 0. The standard InChI is InChI=1S/C42H66O14/c1-37(2)25-8-11-42(7)33(22(45)16-20-21-17-39(4,36(51)52)13-12-38(21,3)14-15-41(20,42)6)40(25,5)10-9-26(37)55-34-31(50)29(48)32(24(19-44)54-34)56-35-30(49)28(47)27(46)23(18-43)53-35/h16,21,23-35,43-44,46-50H,8-15,17-19H2,1-7H3,(H,51,52)/t21-,23+,24+,25-,26-,27+,28-,29+,30+,31+,32+,33+,34-,35-,38+,39-,40-,41+,42+/m0/s1. The predicted molar refractivity (Wildman–Crippen MR) is 198 cm³/mol. The van der Waals surface area contributed by atoms with Crippen molar-refractivity contribution in [1.82, 2.24) is 0 Å². The number of ketones is 1. The summed E-state index contributed by atoms with van der Waals surface area (Å²) in [5.41, 5.74) is -1.19. The molecule has 2 aliphatic heterocycles. The first-order valence-corrected chi connectivity index (χ1v) is 20.8. The minimum Gasteiger partial charge on any atom is -0.481 e. The number of rotatable bonds is 7. The van der Waals surface area contributed by atoms with Gasteiger partial charge < -0.3 is 59.8 Å². The molecular formula is C42H66O14. The molecule has 7 aliphatic rings. The van der Waals surface area contributed by atoms with Gasteiger partial charge in [-0.1, -0.05) is 47.1 Å². The molecule has 0 unspecified atom stereocenters. The summed E-state index contributed by atoms with van der Waals surface area (Å²) in [6.45, 7) is 14.0. The number of hydrogen-bond acceptors (Lipinski definition) is 13. The van der Waals surface area contributed by atoms with Crippen molar-refractivity contribution in [2.75, 3.05) is 13.2 Å². The van der Waals surface area contributed by atoms with Crippen molar-refractivity contribution in [3.63, 3.8) is 0 Å². The maximum Gasteiger partial charge on any atom is 0.309 e. The lowest BCUT2D eigenvalue weighted by Gasteiger charge is -2.70. The van der Waals surface area contributed by atoms with Gasteiger partial charge in [-0.2, -0.15) is 0 Å². The summed E-state index contributed by atoms with van der Waals surface area (Å²) in [5, 5.41) is 83.7. The molecule has 14 nitrogen and oxygen atoms in total. The fourth-order valence-corrected chi connectivity index (χ4v) is 13.4. The number of carbonyl (C=O) groups is 2. The van der Waals surface area contributed by atoms with Gasteiger partial charge in [-0.3, -0.25) is 9.59 Å². The Morgan fingerprint density at radius 3 is 2.00 bits per heavy atom. The first-order valence-electron chi connectivity index (χ1n) is 20.8. The van der Waals surface area contributed by atoms with E-state index in [0.29, 0.717) is 25.7 Å². The highest BCUT2D eigenvalue weighted by molar-refractivity contribution is 5.95. The second kappa shape index (κ2) is 14.3. The van der Waals surface area contributed by atoms with Crippen LogP contribution in [0.25, 0.3) is 0 Å². The number of carboxylic acids is 1. The largest absolute Gasteiger partial charge is 0.481 e. The van der Waals surface area contributed by atoms with Crippen LogP contribution >= 0.6 is 0 Å². The van der Waals surface area contributed by atoms with Crippen LogP contribution in [0.2, 0.25) is 0 Å². The van der Waals surface area contributed by atoms with E-state index < -0.39 is 97.5 Å². The molecule has 6 fully saturated rings. The van der Waals surface area contributed by atoms with Crippen LogP contribution in [0.15, 0.2) is 11.6 Å². The van der Waals surface area contributed by atoms with Crippen LogP contribution in [0, 0.1) is 50.2 Å². The first-order chi connectivity index (χ1) is 26.0. The molecule has 318 valence electrons. The highest BCUT2D eigenvalue weighted by Crippen LogP contribution is 2.75. The van der Waals surface area contributed by atoms with Crippen LogP contribution in [0.1, 0.15) is 106 Å². The molecule has 2 saturated heterocycles. The van der Waals surface area contributed by atoms with Gasteiger partial charge in [0, 0.05) is 5.92 Å². The van der Waals surface area contributed by atoms with Gasteiger partial charge in [0.25, 0.3) is 0 Å². The quantitative estimate of drug-likeness (QED) is 0.173. The molecule has 0 aromatic heterocycles. The van der Waals surface area contributed by atoms with E-state index in [9.17, 15) is 50.4 Å². The van der Waals surface area contributed by atoms with Gasteiger partial charge >= 0.3 is 5.97 Å². The number of aliphatic carboxylic acids is 1. The lowest BCUT2D eigenvalue weighted by atomic mass is 9.33. The normalized spacial score (nSPS) is 54.2. The van der Waals surface area contributed by atoms with E-state index in [2.05, 4.69) is 41.5 Å².